The van der Waals surface area contributed by atoms with Crippen LogP contribution in [0.25, 0.3) is 22.0 Å². The van der Waals surface area contributed by atoms with Gasteiger partial charge in [0.2, 0.25) is 0 Å². The third kappa shape index (κ3) is 4.22. The largest absolute Gasteiger partial charge is 0.347 e. The molecule has 0 bridgehead atoms. The first-order valence-electron chi connectivity index (χ1n) is 12.5. The van der Waals surface area contributed by atoms with E-state index < -0.39 is 0 Å². The number of rotatable bonds is 5. The first-order chi connectivity index (χ1) is 14.8. The van der Waals surface area contributed by atoms with Crippen LogP contribution in [0.15, 0.2) is 48.7 Å². The van der Waals surface area contributed by atoms with Crippen molar-refractivity contribution in [3.05, 3.63) is 59.8 Å². The van der Waals surface area contributed by atoms with Gasteiger partial charge >= 0.3 is 0 Å². The molecule has 0 atom stereocenters. The summed E-state index contributed by atoms with van der Waals surface area (Å²) >= 11 is 0. The normalized spacial score (nSPS) is 18.8. The Balaban J connectivity index is 1.52. The Morgan fingerprint density at radius 3 is 2.23 bits per heavy atom. The van der Waals surface area contributed by atoms with Crippen LogP contribution < -0.4 is 0 Å². The summed E-state index contributed by atoms with van der Waals surface area (Å²) in [6.45, 7) is 3.45. The average Bonchev–Trinajstić information content (AvgIpc) is 3.12. The number of hydrogen-bond donors (Lipinski definition) is 0. The second-order valence-corrected chi connectivity index (χ2v) is 10.1. The molecule has 2 fully saturated rings. The fraction of sp³-hybridized carbons (Fsp3) is 0.517. The van der Waals surface area contributed by atoms with E-state index in [4.69, 9.17) is 0 Å². The van der Waals surface area contributed by atoms with Crippen LogP contribution in [0, 0.1) is 18.8 Å². The molecule has 2 aliphatic rings. The molecule has 0 aliphatic heterocycles. The van der Waals surface area contributed by atoms with Crippen molar-refractivity contribution in [2.45, 2.75) is 84.1 Å². The van der Waals surface area contributed by atoms with Crippen molar-refractivity contribution in [3.63, 3.8) is 0 Å². The van der Waals surface area contributed by atoms with Gasteiger partial charge in [0.15, 0.2) is 0 Å². The molecule has 0 spiro atoms. The molecule has 0 N–H and O–H groups in total. The lowest BCUT2D eigenvalue weighted by atomic mass is 9.84. The Morgan fingerprint density at radius 1 is 0.800 bits per heavy atom. The van der Waals surface area contributed by atoms with E-state index in [-0.39, 0.29) is 0 Å². The molecule has 1 heteroatoms. The van der Waals surface area contributed by atoms with Gasteiger partial charge in [0.25, 0.3) is 0 Å². The number of benzene rings is 2. The summed E-state index contributed by atoms with van der Waals surface area (Å²) in [6.07, 6.45) is 18.1. The van der Waals surface area contributed by atoms with Gasteiger partial charge in [0.1, 0.15) is 0 Å². The number of aromatic nitrogens is 1. The van der Waals surface area contributed by atoms with Crippen molar-refractivity contribution < 1.29 is 0 Å². The monoisotopic (exact) mass is 399 g/mol. The number of fused-ring (bicyclic) bond motifs is 1. The van der Waals surface area contributed by atoms with Gasteiger partial charge in [0.05, 0.1) is 0 Å². The van der Waals surface area contributed by atoms with E-state index in [1.54, 1.807) is 5.56 Å². The number of aryl methyl sites for hydroxylation is 1. The molecule has 2 aromatic carbocycles. The molecule has 5 rings (SSSR count). The minimum atomic E-state index is 0.868. The summed E-state index contributed by atoms with van der Waals surface area (Å²) in [5.74, 6) is 1.75. The molecule has 2 saturated carbocycles. The predicted molar refractivity (Wildman–Crippen MR) is 129 cm³/mol. The molecule has 0 unspecified atom stereocenters. The molecule has 3 aromatic rings. The number of nitrogens with zero attached hydrogens (tertiary/aromatic N) is 1. The maximum Gasteiger partial charge on any atom is 0.0483 e. The van der Waals surface area contributed by atoms with Crippen molar-refractivity contribution in [2.75, 3.05) is 0 Å². The zero-order valence-electron chi connectivity index (χ0n) is 18.7. The highest BCUT2D eigenvalue weighted by atomic mass is 15.0. The SMILES string of the molecule is Cc1ccccc1-c1ccc2c(c1)c(CC1CCCCC1)cn2CC1CCCCC1. The lowest BCUT2D eigenvalue weighted by molar-refractivity contribution is 0.322. The number of hydrogen-bond acceptors (Lipinski definition) is 0. The minimum Gasteiger partial charge on any atom is -0.347 e. The Bertz CT molecular complexity index is 983. The van der Waals surface area contributed by atoms with Crippen molar-refractivity contribution in [3.8, 4) is 11.1 Å². The molecule has 158 valence electrons. The van der Waals surface area contributed by atoms with Crippen molar-refractivity contribution in [1.82, 2.24) is 4.57 Å². The second kappa shape index (κ2) is 9.00. The first kappa shape index (κ1) is 19.9. The van der Waals surface area contributed by atoms with E-state index in [0.717, 1.165) is 11.8 Å². The van der Waals surface area contributed by atoms with E-state index in [9.17, 15) is 0 Å². The predicted octanol–water partition coefficient (Wildman–Crippen LogP) is 8.32. The summed E-state index contributed by atoms with van der Waals surface area (Å²) in [7, 11) is 0. The summed E-state index contributed by atoms with van der Waals surface area (Å²) < 4.78 is 2.62. The van der Waals surface area contributed by atoms with Crippen molar-refractivity contribution in [2.24, 2.45) is 11.8 Å². The van der Waals surface area contributed by atoms with Crippen LogP contribution in [0.1, 0.15) is 75.3 Å². The van der Waals surface area contributed by atoms with Gasteiger partial charge in [-0.2, -0.15) is 0 Å². The standard InChI is InChI=1S/C29H37N/c1-22-10-8-9-15-27(22)25-16-17-29-28(19-25)26(18-23-11-4-2-5-12-23)21-30(29)20-24-13-6-3-7-14-24/h8-10,15-17,19,21,23-24H,2-7,11-14,18,20H2,1H3. The van der Waals surface area contributed by atoms with Crippen LogP contribution in [0.4, 0.5) is 0 Å². The molecular weight excluding hydrogens is 362 g/mol. The second-order valence-electron chi connectivity index (χ2n) is 10.1. The van der Waals surface area contributed by atoms with E-state index in [0.29, 0.717) is 0 Å². The Morgan fingerprint density at radius 2 is 1.50 bits per heavy atom. The first-order valence-corrected chi connectivity index (χ1v) is 12.5. The molecule has 1 nitrogen and oxygen atoms in total. The highest BCUT2D eigenvalue weighted by Gasteiger charge is 2.20. The molecule has 1 aromatic heterocycles. The van der Waals surface area contributed by atoms with E-state index in [1.807, 2.05) is 0 Å². The molecule has 2 aliphatic carbocycles. The highest BCUT2D eigenvalue weighted by molar-refractivity contribution is 5.89. The molecular formula is C29H37N. The molecule has 1 heterocycles. The van der Waals surface area contributed by atoms with Gasteiger partial charge in [-0.1, -0.05) is 81.7 Å². The minimum absolute atomic E-state index is 0.868. The lowest BCUT2D eigenvalue weighted by Crippen LogP contribution is -2.13. The van der Waals surface area contributed by atoms with Gasteiger partial charge in [-0.25, -0.2) is 0 Å². The lowest BCUT2D eigenvalue weighted by Gasteiger charge is -2.22. The Kier molecular flexibility index (Phi) is 5.97. The molecule has 0 radical (unpaired) electrons. The fourth-order valence-electron chi connectivity index (χ4n) is 6.10. The van der Waals surface area contributed by atoms with Crippen LogP contribution in [0.2, 0.25) is 0 Å². The third-order valence-corrected chi connectivity index (χ3v) is 7.83. The topological polar surface area (TPSA) is 4.93 Å². The van der Waals surface area contributed by atoms with Gasteiger partial charge in [-0.15, -0.1) is 0 Å². The van der Waals surface area contributed by atoms with Crippen LogP contribution in [0.5, 0.6) is 0 Å². The molecule has 0 saturated heterocycles. The molecule has 30 heavy (non-hydrogen) atoms. The quantitative estimate of drug-likeness (QED) is 0.406. The van der Waals surface area contributed by atoms with Crippen molar-refractivity contribution >= 4 is 10.9 Å². The zero-order valence-corrected chi connectivity index (χ0v) is 18.7. The van der Waals surface area contributed by atoms with E-state index in [2.05, 4.69) is 60.2 Å². The maximum absolute atomic E-state index is 2.62. The fourth-order valence-corrected chi connectivity index (χ4v) is 6.10. The summed E-state index contributed by atoms with van der Waals surface area (Å²) in [5, 5.41) is 1.51. The van der Waals surface area contributed by atoms with Gasteiger partial charge in [-0.05, 0) is 72.4 Å². The third-order valence-electron chi connectivity index (χ3n) is 7.83. The van der Waals surface area contributed by atoms with Gasteiger partial charge < -0.3 is 4.57 Å². The zero-order chi connectivity index (χ0) is 20.3. The summed E-state index contributed by atoms with van der Waals surface area (Å²) in [5.41, 5.74) is 7.18. The Labute approximate surface area is 182 Å². The smallest absolute Gasteiger partial charge is 0.0483 e. The Hall–Kier alpha value is -2.02. The van der Waals surface area contributed by atoms with Crippen LogP contribution in [-0.4, -0.2) is 4.57 Å². The summed E-state index contributed by atoms with van der Waals surface area (Å²) in [4.78, 5) is 0. The summed E-state index contributed by atoms with van der Waals surface area (Å²) in [6, 6.07) is 16.1. The van der Waals surface area contributed by atoms with Crippen LogP contribution in [-0.2, 0) is 13.0 Å². The average molecular weight is 400 g/mol. The maximum atomic E-state index is 2.62. The highest BCUT2D eigenvalue weighted by Crippen LogP contribution is 2.35. The van der Waals surface area contributed by atoms with Gasteiger partial charge in [-0.3, -0.25) is 0 Å². The van der Waals surface area contributed by atoms with Crippen molar-refractivity contribution in [1.29, 1.82) is 0 Å². The van der Waals surface area contributed by atoms with E-state index in [1.165, 1.54) is 105 Å². The molecule has 0 amide bonds. The van der Waals surface area contributed by atoms with Crippen LogP contribution >= 0.6 is 0 Å². The van der Waals surface area contributed by atoms with Crippen LogP contribution in [0.3, 0.4) is 0 Å². The van der Waals surface area contributed by atoms with E-state index >= 15 is 0 Å². The van der Waals surface area contributed by atoms with Gasteiger partial charge in [0, 0.05) is 23.6 Å².